The Morgan fingerprint density at radius 1 is 1.20 bits per heavy atom. The van der Waals surface area contributed by atoms with Crippen LogP contribution in [0.5, 0.6) is 5.75 Å². The summed E-state index contributed by atoms with van der Waals surface area (Å²) in [4.78, 5) is 4.37. The molecule has 0 aliphatic heterocycles. The van der Waals surface area contributed by atoms with Crippen molar-refractivity contribution in [2.24, 2.45) is 4.99 Å². The van der Waals surface area contributed by atoms with Gasteiger partial charge in [0.15, 0.2) is 15.8 Å². The van der Waals surface area contributed by atoms with Crippen LogP contribution in [-0.2, 0) is 16.3 Å². The summed E-state index contributed by atoms with van der Waals surface area (Å²) in [6.45, 7) is 8.74. The van der Waals surface area contributed by atoms with Crippen molar-refractivity contribution in [3.63, 3.8) is 0 Å². The predicted octanol–water partition coefficient (Wildman–Crippen LogP) is 2.01. The minimum Gasteiger partial charge on any atom is -0.496 e. The average Bonchev–Trinajstić information content (AvgIpc) is 2.54. The van der Waals surface area contributed by atoms with E-state index in [-0.39, 0.29) is 12.3 Å². The molecule has 1 aromatic carbocycles. The molecule has 0 bridgehead atoms. The lowest BCUT2D eigenvalue weighted by Gasteiger charge is -2.18. The number of ether oxygens (including phenoxy) is 1. The maximum Gasteiger partial charge on any atom is 0.191 e. The number of nitrogens with zero attached hydrogens (tertiary/aromatic N) is 1. The number of methoxy groups -OCH3 is 1. The maximum absolute atomic E-state index is 12.1. The fourth-order valence-electron chi connectivity index (χ4n) is 2.15. The van der Waals surface area contributed by atoms with Gasteiger partial charge in [-0.15, -0.1) is 0 Å². The molecular formula is C18H31N3O3S. The van der Waals surface area contributed by atoms with Crippen LogP contribution >= 0.6 is 0 Å². The zero-order valence-corrected chi connectivity index (χ0v) is 16.7. The zero-order chi connectivity index (χ0) is 18.9. The highest BCUT2D eigenvalue weighted by molar-refractivity contribution is 7.92. The molecule has 0 saturated carbocycles. The van der Waals surface area contributed by atoms with Crippen molar-refractivity contribution in [2.75, 3.05) is 32.5 Å². The van der Waals surface area contributed by atoms with Gasteiger partial charge in [-0.1, -0.05) is 18.2 Å². The van der Waals surface area contributed by atoms with Crippen LogP contribution < -0.4 is 15.4 Å². The number of hydrogen-bond acceptors (Lipinski definition) is 4. The predicted molar refractivity (Wildman–Crippen MR) is 104 cm³/mol. The van der Waals surface area contributed by atoms with E-state index in [9.17, 15) is 8.42 Å². The van der Waals surface area contributed by atoms with E-state index in [0.29, 0.717) is 19.0 Å². The lowest BCUT2D eigenvalue weighted by molar-refractivity contribution is 0.409. The molecule has 25 heavy (non-hydrogen) atoms. The van der Waals surface area contributed by atoms with E-state index in [4.69, 9.17) is 4.74 Å². The molecule has 1 aromatic rings. The summed E-state index contributed by atoms with van der Waals surface area (Å²) in [5.41, 5.74) is 1.11. The lowest BCUT2D eigenvalue weighted by Crippen LogP contribution is -2.39. The van der Waals surface area contributed by atoms with Crippen molar-refractivity contribution in [1.82, 2.24) is 10.6 Å². The second kappa shape index (κ2) is 9.65. The largest absolute Gasteiger partial charge is 0.496 e. The number of benzene rings is 1. The Morgan fingerprint density at radius 3 is 2.48 bits per heavy atom. The number of para-hydroxylation sites is 1. The van der Waals surface area contributed by atoms with Gasteiger partial charge in [0.05, 0.1) is 24.2 Å². The molecule has 0 fully saturated rings. The van der Waals surface area contributed by atoms with Crippen LogP contribution in [0.1, 0.15) is 33.3 Å². The van der Waals surface area contributed by atoms with Crippen molar-refractivity contribution < 1.29 is 13.2 Å². The number of rotatable bonds is 8. The average molecular weight is 370 g/mol. The molecule has 0 amide bonds. The molecule has 7 heteroatoms. The molecule has 1 rings (SSSR count). The molecule has 0 saturated heterocycles. The van der Waals surface area contributed by atoms with E-state index in [1.165, 1.54) is 0 Å². The van der Waals surface area contributed by atoms with Gasteiger partial charge in [0, 0.05) is 13.1 Å². The second-order valence-corrected chi connectivity index (χ2v) is 9.54. The van der Waals surface area contributed by atoms with Crippen molar-refractivity contribution in [3.8, 4) is 5.75 Å². The van der Waals surface area contributed by atoms with Crippen LogP contribution in [-0.4, -0.2) is 51.6 Å². The summed E-state index contributed by atoms with van der Waals surface area (Å²) in [5, 5.41) is 6.37. The molecule has 0 radical (unpaired) electrons. The number of hydrogen-bond donors (Lipinski definition) is 2. The molecule has 142 valence electrons. The third-order valence-electron chi connectivity index (χ3n) is 3.79. The first-order valence-corrected chi connectivity index (χ1v) is 10.2. The summed E-state index contributed by atoms with van der Waals surface area (Å²) >= 11 is 0. The summed E-state index contributed by atoms with van der Waals surface area (Å²) in [5.74, 6) is 1.53. The van der Waals surface area contributed by atoms with E-state index in [2.05, 4.69) is 15.6 Å². The van der Waals surface area contributed by atoms with Gasteiger partial charge in [-0.05, 0) is 45.7 Å². The van der Waals surface area contributed by atoms with E-state index < -0.39 is 14.6 Å². The summed E-state index contributed by atoms with van der Waals surface area (Å²) in [6, 6.07) is 7.89. The highest BCUT2D eigenvalue weighted by atomic mass is 32.2. The Labute approximate surface area is 152 Å². The minimum atomic E-state index is -3.16. The smallest absolute Gasteiger partial charge is 0.191 e. The molecule has 0 aliphatic carbocycles. The first-order chi connectivity index (χ1) is 11.7. The molecular weight excluding hydrogens is 338 g/mol. The van der Waals surface area contributed by atoms with Gasteiger partial charge in [-0.3, -0.25) is 4.99 Å². The topological polar surface area (TPSA) is 79.8 Å². The van der Waals surface area contributed by atoms with Crippen molar-refractivity contribution in [3.05, 3.63) is 29.8 Å². The van der Waals surface area contributed by atoms with Crippen molar-refractivity contribution >= 4 is 15.8 Å². The Balaban J connectivity index is 2.59. The summed E-state index contributed by atoms with van der Waals surface area (Å²) in [6.07, 6.45) is 0.786. The summed E-state index contributed by atoms with van der Waals surface area (Å²) in [7, 11) is -1.50. The third-order valence-corrected chi connectivity index (χ3v) is 6.37. The first kappa shape index (κ1) is 21.3. The summed E-state index contributed by atoms with van der Waals surface area (Å²) < 4.78 is 28.9. The second-order valence-electron chi connectivity index (χ2n) is 6.68. The van der Waals surface area contributed by atoms with Gasteiger partial charge in [-0.2, -0.15) is 0 Å². The quantitative estimate of drug-likeness (QED) is 0.541. The Morgan fingerprint density at radius 2 is 1.88 bits per heavy atom. The molecule has 0 spiro atoms. The fraction of sp³-hybridized carbons (Fsp3) is 0.611. The van der Waals surface area contributed by atoms with E-state index in [1.807, 2.05) is 31.2 Å². The SMILES string of the molecule is CCNC(=NCCS(=O)(=O)C(C)(C)C)NCCc1ccccc1OC. The van der Waals surface area contributed by atoms with Crippen molar-refractivity contribution in [2.45, 2.75) is 38.9 Å². The number of sulfone groups is 1. The van der Waals surface area contributed by atoms with Gasteiger partial charge in [0.1, 0.15) is 5.75 Å². The monoisotopic (exact) mass is 369 g/mol. The third kappa shape index (κ3) is 6.94. The normalized spacial score (nSPS) is 12.8. The lowest BCUT2D eigenvalue weighted by atomic mass is 10.1. The minimum absolute atomic E-state index is 0.0413. The van der Waals surface area contributed by atoms with Gasteiger partial charge in [-0.25, -0.2) is 8.42 Å². The zero-order valence-electron chi connectivity index (χ0n) is 15.9. The first-order valence-electron chi connectivity index (χ1n) is 8.57. The fourth-order valence-corrected chi connectivity index (χ4v) is 3.09. The van der Waals surface area contributed by atoms with Crippen LogP contribution in [0, 0.1) is 0 Å². The molecule has 2 N–H and O–H groups in total. The van der Waals surface area contributed by atoms with Crippen LogP contribution in [0.3, 0.4) is 0 Å². The Bertz CT molecular complexity index is 664. The molecule has 0 aliphatic rings. The Kier molecular flexibility index (Phi) is 8.22. The van der Waals surface area contributed by atoms with E-state index >= 15 is 0 Å². The van der Waals surface area contributed by atoms with Crippen LogP contribution in [0.15, 0.2) is 29.3 Å². The highest BCUT2D eigenvalue weighted by Gasteiger charge is 2.28. The Hall–Kier alpha value is -1.76. The molecule has 0 aromatic heterocycles. The van der Waals surface area contributed by atoms with Gasteiger partial charge < -0.3 is 15.4 Å². The van der Waals surface area contributed by atoms with Crippen LogP contribution in [0.25, 0.3) is 0 Å². The molecule has 0 atom stereocenters. The molecule has 0 heterocycles. The molecule has 6 nitrogen and oxygen atoms in total. The van der Waals surface area contributed by atoms with Gasteiger partial charge in [0.25, 0.3) is 0 Å². The number of aliphatic imine (C=N–C) groups is 1. The van der Waals surface area contributed by atoms with E-state index in [0.717, 1.165) is 17.7 Å². The van der Waals surface area contributed by atoms with Crippen molar-refractivity contribution in [1.29, 1.82) is 0 Å². The highest BCUT2D eigenvalue weighted by Crippen LogP contribution is 2.17. The van der Waals surface area contributed by atoms with Gasteiger partial charge in [0.2, 0.25) is 0 Å². The van der Waals surface area contributed by atoms with Crippen LogP contribution in [0.4, 0.5) is 0 Å². The molecule has 0 unspecified atom stereocenters. The van der Waals surface area contributed by atoms with E-state index in [1.54, 1.807) is 27.9 Å². The maximum atomic E-state index is 12.1. The number of guanidine groups is 1. The van der Waals surface area contributed by atoms with Gasteiger partial charge >= 0.3 is 0 Å². The van der Waals surface area contributed by atoms with Crippen LogP contribution in [0.2, 0.25) is 0 Å². The number of nitrogens with one attached hydrogen (secondary N) is 2. The standard InChI is InChI=1S/C18H31N3O3S/c1-6-19-17(21-13-14-25(22,23)18(2,3)4)20-12-11-15-9-7-8-10-16(15)24-5/h7-10H,6,11-14H2,1-5H3,(H2,19,20,21).